The van der Waals surface area contributed by atoms with E-state index >= 15 is 0 Å². The van der Waals surface area contributed by atoms with E-state index in [2.05, 4.69) is 0 Å². The monoisotopic (exact) mass is 311 g/mol. The number of amides is 2. The van der Waals surface area contributed by atoms with Crippen LogP contribution in [-0.4, -0.2) is 58.6 Å². The summed E-state index contributed by atoms with van der Waals surface area (Å²) < 4.78 is 5.56. The lowest BCUT2D eigenvalue weighted by molar-refractivity contribution is -0.134. The van der Waals surface area contributed by atoms with Crippen molar-refractivity contribution in [2.45, 2.75) is 77.1 Å². The number of nitrogens with two attached hydrogens (primary N) is 1. The van der Waals surface area contributed by atoms with Gasteiger partial charge in [0.15, 0.2) is 0 Å². The molecule has 1 aliphatic carbocycles. The van der Waals surface area contributed by atoms with Gasteiger partial charge in [0.05, 0.1) is 12.1 Å². The Kier molecular flexibility index (Phi) is 5.00. The van der Waals surface area contributed by atoms with E-state index in [1.165, 1.54) is 0 Å². The smallest absolute Gasteiger partial charge is 0.410 e. The molecule has 0 radical (unpaired) electrons. The van der Waals surface area contributed by atoms with Gasteiger partial charge < -0.3 is 20.3 Å². The predicted octanol–water partition coefficient (Wildman–Crippen LogP) is 1.72. The fraction of sp³-hybridized carbons (Fsp3) is 0.875. The van der Waals surface area contributed by atoms with Crippen LogP contribution in [-0.2, 0) is 9.53 Å². The quantitative estimate of drug-likeness (QED) is 0.861. The van der Waals surface area contributed by atoms with Gasteiger partial charge in [0.25, 0.3) is 0 Å². The van der Waals surface area contributed by atoms with Crippen molar-refractivity contribution in [2.24, 2.45) is 5.73 Å². The average molecular weight is 311 g/mol. The standard InChI is InChI=1S/C16H29N3O3/c1-11(17)14(20)18-9-5-6-13(10-18)19(12-7-8-12)15(21)22-16(2,3)4/h11-13H,5-10,17H2,1-4H3. The van der Waals surface area contributed by atoms with Crippen molar-refractivity contribution in [3.05, 3.63) is 0 Å². The molecule has 6 nitrogen and oxygen atoms in total. The number of likely N-dealkylation sites (tertiary alicyclic amines) is 1. The first-order valence-corrected chi connectivity index (χ1v) is 8.24. The molecule has 2 amide bonds. The second kappa shape index (κ2) is 6.44. The summed E-state index contributed by atoms with van der Waals surface area (Å²) in [5.74, 6) is -0.0374. The molecule has 2 N–H and O–H groups in total. The molecular formula is C16H29N3O3. The lowest BCUT2D eigenvalue weighted by Crippen LogP contribution is -2.55. The van der Waals surface area contributed by atoms with E-state index in [1.54, 1.807) is 11.8 Å². The summed E-state index contributed by atoms with van der Waals surface area (Å²) in [4.78, 5) is 28.3. The Balaban J connectivity index is 2.05. The molecule has 0 spiro atoms. The Hall–Kier alpha value is -1.30. The molecule has 6 heteroatoms. The zero-order valence-electron chi connectivity index (χ0n) is 14.2. The van der Waals surface area contributed by atoms with Gasteiger partial charge in [-0.15, -0.1) is 0 Å². The van der Waals surface area contributed by atoms with E-state index in [0.29, 0.717) is 6.54 Å². The van der Waals surface area contributed by atoms with Crippen LogP contribution in [0, 0.1) is 0 Å². The van der Waals surface area contributed by atoms with E-state index in [-0.39, 0.29) is 24.1 Å². The van der Waals surface area contributed by atoms with Gasteiger partial charge in [-0.3, -0.25) is 4.79 Å². The lowest BCUT2D eigenvalue weighted by Gasteiger charge is -2.40. The lowest BCUT2D eigenvalue weighted by atomic mass is 10.0. The van der Waals surface area contributed by atoms with E-state index in [9.17, 15) is 9.59 Å². The Bertz CT molecular complexity index is 427. The molecule has 2 unspecified atom stereocenters. The normalized spacial score (nSPS) is 23.9. The number of hydrogen-bond donors (Lipinski definition) is 1. The minimum atomic E-state index is -0.500. The zero-order chi connectivity index (χ0) is 16.5. The molecule has 0 aromatic rings. The van der Waals surface area contributed by atoms with Gasteiger partial charge in [0.2, 0.25) is 5.91 Å². The van der Waals surface area contributed by atoms with Crippen molar-refractivity contribution in [1.29, 1.82) is 0 Å². The van der Waals surface area contributed by atoms with Gasteiger partial charge in [-0.25, -0.2) is 4.79 Å². The molecule has 22 heavy (non-hydrogen) atoms. The highest BCUT2D eigenvalue weighted by Gasteiger charge is 2.41. The molecule has 0 bridgehead atoms. The minimum absolute atomic E-state index is 0.0374. The molecule has 1 saturated carbocycles. The van der Waals surface area contributed by atoms with Crippen molar-refractivity contribution < 1.29 is 14.3 Å². The molecule has 1 heterocycles. The Labute approximate surface area is 132 Å². The zero-order valence-corrected chi connectivity index (χ0v) is 14.2. The highest BCUT2D eigenvalue weighted by Crippen LogP contribution is 2.32. The van der Waals surface area contributed by atoms with Gasteiger partial charge in [-0.05, 0) is 53.4 Å². The second-order valence-electron chi connectivity index (χ2n) is 7.49. The summed E-state index contributed by atoms with van der Waals surface area (Å²) in [5, 5.41) is 0. The van der Waals surface area contributed by atoms with Crippen molar-refractivity contribution in [2.75, 3.05) is 13.1 Å². The summed E-state index contributed by atoms with van der Waals surface area (Å²) in [6.07, 6.45) is 3.61. The minimum Gasteiger partial charge on any atom is -0.444 e. The van der Waals surface area contributed by atoms with Crippen LogP contribution in [0.25, 0.3) is 0 Å². The van der Waals surface area contributed by atoms with Crippen LogP contribution < -0.4 is 5.73 Å². The first-order chi connectivity index (χ1) is 10.2. The van der Waals surface area contributed by atoms with Gasteiger partial charge in [0.1, 0.15) is 5.60 Å². The number of rotatable bonds is 3. The Morgan fingerprint density at radius 1 is 1.23 bits per heavy atom. The number of carbonyl (C=O) groups excluding carboxylic acids is 2. The van der Waals surface area contributed by atoms with Crippen LogP contribution in [0.1, 0.15) is 53.4 Å². The second-order valence-corrected chi connectivity index (χ2v) is 7.49. The summed E-state index contributed by atoms with van der Waals surface area (Å²) in [6, 6.07) is -0.182. The molecular weight excluding hydrogens is 282 g/mol. The maximum Gasteiger partial charge on any atom is 0.410 e. The number of ether oxygens (including phenoxy) is 1. The van der Waals surface area contributed by atoms with Gasteiger partial charge >= 0.3 is 6.09 Å². The number of hydrogen-bond acceptors (Lipinski definition) is 4. The molecule has 2 fully saturated rings. The van der Waals surface area contributed by atoms with Gasteiger partial charge in [-0.1, -0.05) is 0 Å². The third-order valence-corrected chi connectivity index (χ3v) is 4.04. The fourth-order valence-corrected chi connectivity index (χ4v) is 2.93. The van der Waals surface area contributed by atoms with Crippen LogP contribution in [0.15, 0.2) is 0 Å². The van der Waals surface area contributed by atoms with Crippen LogP contribution in [0.2, 0.25) is 0 Å². The molecule has 1 saturated heterocycles. The molecule has 2 atom stereocenters. The van der Waals surface area contributed by atoms with Crippen LogP contribution in [0.4, 0.5) is 4.79 Å². The maximum absolute atomic E-state index is 12.5. The van der Waals surface area contributed by atoms with E-state index < -0.39 is 11.6 Å². The van der Waals surface area contributed by atoms with Gasteiger partial charge in [-0.2, -0.15) is 0 Å². The molecule has 1 aliphatic heterocycles. The first-order valence-electron chi connectivity index (χ1n) is 8.24. The number of carbonyl (C=O) groups is 2. The number of piperidine rings is 1. The Morgan fingerprint density at radius 3 is 2.36 bits per heavy atom. The first kappa shape index (κ1) is 17.1. The van der Waals surface area contributed by atoms with Crippen LogP contribution in [0.5, 0.6) is 0 Å². The van der Waals surface area contributed by atoms with E-state index in [0.717, 1.165) is 32.2 Å². The van der Waals surface area contributed by atoms with Crippen molar-refractivity contribution in [3.63, 3.8) is 0 Å². The maximum atomic E-state index is 12.5. The molecule has 2 rings (SSSR count). The van der Waals surface area contributed by atoms with E-state index in [1.807, 2.05) is 25.7 Å². The SMILES string of the molecule is CC(N)C(=O)N1CCCC(N(C(=O)OC(C)(C)C)C2CC2)C1. The summed E-state index contributed by atoms with van der Waals surface area (Å²) >= 11 is 0. The Morgan fingerprint density at radius 2 is 1.86 bits per heavy atom. The molecule has 0 aromatic heterocycles. The number of nitrogens with zero attached hydrogens (tertiary/aromatic N) is 2. The third-order valence-electron chi connectivity index (χ3n) is 4.04. The van der Waals surface area contributed by atoms with Crippen molar-refractivity contribution in [1.82, 2.24) is 9.80 Å². The van der Waals surface area contributed by atoms with Gasteiger partial charge in [0, 0.05) is 19.1 Å². The van der Waals surface area contributed by atoms with Crippen LogP contribution >= 0.6 is 0 Å². The third kappa shape index (κ3) is 4.35. The highest BCUT2D eigenvalue weighted by atomic mass is 16.6. The summed E-state index contributed by atoms with van der Waals surface area (Å²) in [6.45, 7) is 8.63. The fourth-order valence-electron chi connectivity index (χ4n) is 2.93. The summed E-state index contributed by atoms with van der Waals surface area (Å²) in [7, 11) is 0. The summed E-state index contributed by atoms with van der Waals surface area (Å²) in [5.41, 5.74) is 5.21. The predicted molar refractivity (Wildman–Crippen MR) is 84.3 cm³/mol. The topological polar surface area (TPSA) is 75.9 Å². The largest absolute Gasteiger partial charge is 0.444 e. The highest BCUT2D eigenvalue weighted by molar-refractivity contribution is 5.81. The molecule has 0 aromatic carbocycles. The van der Waals surface area contributed by atoms with E-state index in [4.69, 9.17) is 10.5 Å². The van der Waals surface area contributed by atoms with Crippen molar-refractivity contribution in [3.8, 4) is 0 Å². The van der Waals surface area contributed by atoms with Crippen molar-refractivity contribution >= 4 is 12.0 Å². The molecule has 126 valence electrons. The van der Waals surface area contributed by atoms with Crippen LogP contribution in [0.3, 0.4) is 0 Å². The molecule has 2 aliphatic rings. The average Bonchev–Trinajstić information content (AvgIpc) is 3.20.